The molecule has 0 bridgehead atoms. The van der Waals surface area contributed by atoms with Gasteiger partial charge in [0.05, 0.1) is 16.8 Å². The lowest BCUT2D eigenvalue weighted by molar-refractivity contribution is -0.137. The van der Waals surface area contributed by atoms with Crippen LogP contribution in [-0.4, -0.2) is 35.2 Å². The number of aromatic nitrogens is 1. The van der Waals surface area contributed by atoms with Gasteiger partial charge < -0.3 is 9.88 Å². The van der Waals surface area contributed by atoms with Crippen LogP contribution in [-0.2, 0) is 18.0 Å². The smallest absolute Gasteiger partial charge is 0.351 e. The normalized spacial score (nSPS) is 11.3. The molecule has 2 N–H and O–H groups in total. The van der Waals surface area contributed by atoms with Crippen LogP contribution < -0.4 is 10.1 Å². The average molecular weight is 386 g/mol. The van der Waals surface area contributed by atoms with Gasteiger partial charge in [-0.1, -0.05) is 11.9 Å². The average Bonchev–Trinajstić information content (AvgIpc) is 2.99. The van der Waals surface area contributed by atoms with Gasteiger partial charge in [0.25, 0.3) is 5.91 Å². The highest BCUT2D eigenvalue weighted by molar-refractivity contribution is 7.96. The second-order valence-corrected chi connectivity index (χ2v) is 5.96. The van der Waals surface area contributed by atoms with E-state index in [1.807, 2.05) is 0 Å². The molecule has 2 aromatic rings. The molecule has 0 unspecified atom stereocenters. The molecule has 0 atom stereocenters. The lowest BCUT2D eigenvalue weighted by Crippen LogP contribution is -2.35. The number of hydrogen-bond acceptors (Lipinski definition) is 4. The highest BCUT2D eigenvalue weighted by Crippen LogP contribution is 2.40. The van der Waals surface area contributed by atoms with Gasteiger partial charge in [0.15, 0.2) is 0 Å². The number of nitrogens with zero attached hydrogens (tertiary/aromatic N) is 2. The summed E-state index contributed by atoms with van der Waals surface area (Å²) in [7, 11) is 3.04. The van der Waals surface area contributed by atoms with Gasteiger partial charge in [0, 0.05) is 31.5 Å². The molecule has 2 amide bonds. The number of benzene rings is 1. The molecule has 1 heterocycles. The number of halogens is 3. The van der Waals surface area contributed by atoms with E-state index in [0.29, 0.717) is 5.69 Å². The quantitative estimate of drug-likeness (QED) is 0.455. The molecule has 26 heavy (non-hydrogen) atoms. The Bertz CT molecular complexity index is 820. The number of alkyl halides is 3. The molecule has 6 nitrogen and oxygen atoms in total. The van der Waals surface area contributed by atoms with E-state index < -0.39 is 17.6 Å². The summed E-state index contributed by atoms with van der Waals surface area (Å²) in [4.78, 5) is 26.1. The molecule has 10 heteroatoms. The Morgan fingerprint density at radius 2 is 2.04 bits per heavy atom. The molecular formula is C16H17F3N4O2S. The van der Waals surface area contributed by atoms with Crippen molar-refractivity contribution in [1.82, 2.24) is 14.4 Å². The third-order valence-corrected chi connectivity index (χ3v) is 4.12. The monoisotopic (exact) mass is 386 g/mol. The predicted octanol–water partition coefficient (Wildman–Crippen LogP) is 3.13. The zero-order valence-electron chi connectivity index (χ0n) is 14.2. The fraction of sp³-hybridized carbons (Fsp3) is 0.250. The first-order chi connectivity index (χ1) is 12.2. The van der Waals surface area contributed by atoms with Gasteiger partial charge in [-0.2, -0.15) is 18.0 Å². The number of hydrogen-bond donors (Lipinski definition) is 2. The number of anilines is 1. The van der Waals surface area contributed by atoms with Crippen molar-refractivity contribution < 1.29 is 22.8 Å². The SMILES string of the molecule is CSNN(C)C(=O)c1cc(-c2cccn2C)c(C(F)(F)F)cc1NC=O. The van der Waals surface area contributed by atoms with E-state index in [1.165, 1.54) is 17.7 Å². The second kappa shape index (κ2) is 7.83. The van der Waals surface area contributed by atoms with Crippen molar-refractivity contribution in [3.63, 3.8) is 0 Å². The predicted molar refractivity (Wildman–Crippen MR) is 94.3 cm³/mol. The van der Waals surface area contributed by atoms with Crippen molar-refractivity contribution in [2.75, 3.05) is 18.6 Å². The minimum absolute atomic E-state index is 0.0645. The minimum Gasteiger partial charge on any atom is -0.351 e. The van der Waals surface area contributed by atoms with E-state index in [4.69, 9.17) is 0 Å². The van der Waals surface area contributed by atoms with Gasteiger partial charge in [-0.25, -0.2) is 0 Å². The minimum atomic E-state index is -4.66. The number of amides is 2. The molecule has 0 saturated carbocycles. The molecule has 0 radical (unpaired) electrons. The Labute approximate surface area is 152 Å². The van der Waals surface area contributed by atoms with Crippen LogP contribution in [0.15, 0.2) is 30.5 Å². The molecule has 0 aliphatic rings. The maximum absolute atomic E-state index is 13.6. The number of rotatable bonds is 6. The maximum Gasteiger partial charge on any atom is 0.417 e. The Balaban J connectivity index is 2.73. The summed E-state index contributed by atoms with van der Waals surface area (Å²) in [5, 5.41) is 3.31. The van der Waals surface area contributed by atoms with E-state index in [1.54, 1.807) is 25.6 Å². The van der Waals surface area contributed by atoms with Crippen molar-refractivity contribution in [2.45, 2.75) is 6.18 Å². The number of aryl methyl sites for hydroxylation is 1. The number of hydrazine groups is 1. The summed E-state index contributed by atoms with van der Waals surface area (Å²) in [6.07, 6.45) is -1.13. The number of carbonyl (C=O) groups is 2. The second-order valence-electron chi connectivity index (χ2n) is 5.37. The number of carbonyl (C=O) groups excluding carboxylic acids is 2. The van der Waals surface area contributed by atoms with Crippen molar-refractivity contribution in [2.24, 2.45) is 7.05 Å². The van der Waals surface area contributed by atoms with Crippen molar-refractivity contribution in [3.8, 4) is 11.3 Å². The van der Waals surface area contributed by atoms with Crippen LogP contribution >= 0.6 is 11.9 Å². The molecule has 0 saturated heterocycles. The Morgan fingerprint density at radius 3 is 2.54 bits per heavy atom. The van der Waals surface area contributed by atoms with Crippen molar-refractivity contribution in [3.05, 3.63) is 41.6 Å². The standard InChI is InChI=1S/C16H17F3N4O2S/c1-22-6-4-5-14(22)10-7-11(15(25)23(2)21-26-3)13(20-9-24)8-12(10)16(17,18)19/h4-9,21H,1-3H3,(H,20,24). The third-order valence-electron chi connectivity index (χ3n) is 3.66. The summed E-state index contributed by atoms with van der Waals surface area (Å²) in [6, 6.07) is 5.05. The lowest BCUT2D eigenvalue weighted by Gasteiger charge is -2.21. The van der Waals surface area contributed by atoms with Crippen LogP contribution in [0.3, 0.4) is 0 Å². The molecule has 1 aromatic heterocycles. The maximum atomic E-state index is 13.6. The zero-order valence-corrected chi connectivity index (χ0v) is 15.0. The first kappa shape index (κ1) is 19.9. The summed E-state index contributed by atoms with van der Waals surface area (Å²) >= 11 is 1.14. The number of nitrogens with one attached hydrogen (secondary N) is 2. The largest absolute Gasteiger partial charge is 0.417 e. The van der Waals surface area contributed by atoms with E-state index >= 15 is 0 Å². The summed E-state index contributed by atoms with van der Waals surface area (Å²) in [6.45, 7) is 0. The fourth-order valence-electron chi connectivity index (χ4n) is 2.51. The van der Waals surface area contributed by atoms with E-state index in [9.17, 15) is 22.8 Å². The van der Waals surface area contributed by atoms with Crippen LogP contribution in [0.2, 0.25) is 0 Å². The van der Waals surface area contributed by atoms with Crippen LogP contribution in [0.25, 0.3) is 11.3 Å². The summed E-state index contributed by atoms with van der Waals surface area (Å²) < 4.78 is 42.2. The van der Waals surface area contributed by atoms with Gasteiger partial charge in [-0.15, -0.1) is 0 Å². The van der Waals surface area contributed by atoms with E-state index in [-0.39, 0.29) is 23.2 Å². The van der Waals surface area contributed by atoms with Crippen LogP contribution in [0.5, 0.6) is 0 Å². The molecule has 0 aliphatic heterocycles. The van der Waals surface area contributed by atoms with E-state index in [0.717, 1.165) is 29.1 Å². The first-order valence-corrected chi connectivity index (χ1v) is 8.57. The van der Waals surface area contributed by atoms with E-state index in [2.05, 4.69) is 10.1 Å². The van der Waals surface area contributed by atoms with Crippen LogP contribution in [0.4, 0.5) is 18.9 Å². The first-order valence-electron chi connectivity index (χ1n) is 7.34. The Hall–Kier alpha value is -2.46. The summed E-state index contributed by atoms with van der Waals surface area (Å²) in [5.74, 6) is -0.590. The molecule has 0 aliphatic carbocycles. The lowest BCUT2D eigenvalue weighted by atomic mass is 9.98. The molecule has 2 rings (SSSR count). The van der Waals surface area contributed by atoms with Gasteiger partial charge in [0.1, 0.15) is 0 Å². The van der Waals surface area contributed by atoms with Crippen LogP contribution in [0, 0.1) is 0 Å². The Kier molecular flexibility index (Phi) is 5.98. The third kappa shape index (κ3) is 4.02. The highest BCUT2D eigenvalue weighted by atomic mass is 32.2. The zero-order chi connectivity index (χ0) is 19.5. The topological polar surface area (TPSA) is 66.4 Å². The highest BCUT2D eigenvalue weighted by Gasteiger charge is 2.36. The van der Waals surface area contributed by atoms with Crippen LogP contribution in [0.1, 0.15) is 15.9 Å². The molecule has 140 valence electrons. The molecule has 0 fully saturated rings. The van der Waals surface area contributed by atoms with Gasteiger partial charge in [-0.3, -0.25) is 14.6 Å². The van der Waals surface area contributed by atoms with Gasteiger partial charge >= 0.3 is 6.18 Å². The van der Waals surface area contributed by atoms with Gasteiger partial charge in [-0.05, 0) is 30.5 Å². The van der Waals surface area contributed by atoms with Crippen molar-refractivity contribution >= 4 is 30.0 Å². The Morgan fingerprint density at radius 1 is 1.35 bits per heavy atom. The van der Waals surface area contributed by atoms with Crippen molar-refractivity contribution in [1.29, 1.82) is 0 Å². The molecule has 0 spiro atoms. The fourth-order valence-corrected chi connectivity index (χ4v) is 2.86. The van der Waals surface area contributed by atoms with Gasteiger partial charge in [0.2, 0.25) is 6.41 Å². The summed E-state index contributed by atoms with van der Waals surface area (Å²) in [5.41, 5.74) is -1.08. The molecule has 1 aromatic carbocycles. The molecular weight excluding hydrogens is 369 g/mol.